The number of carbonyl (C=O) groups excluding carboxylic acids is 4. The topological polar surface area (TPSA) is 135 Å². The van der Waals surface area contributed by atoms with E-state index in [1.807, 2.05) is 20.0 Å². The number of ether oxygens (including phenoxy) is 2. The minimum absolute atomic E-state index is 0.101. The van der Waals surface area contributed by atoms with E-state index in [4.69, 9.17) is 9.47 Å². The first-order valence-corrected chi connectivity index (χ1v) is 13.4. The molecule has 2 N–H and O–H groups in total. The van der Waals surface area contributed by atoms with Gasteiger partial charge in [-0.2, -0.15) is 5.10 Å². The van der Waals surface area contributed by atoms with E-state index in [-0.39, 0.29) is 44.5 Å². The van der Waals surface area contributed by atoms with E-state index in [1.54, 1.807) is 54.1 Å². The Balaban J connectivity index is 1.90. The number of aromatic nitrogens is 2. The van der Waals surface area contributed by atoms with E-state index >= 15 is 0 Å². The van der Waals surface area contributed by atoms with Gasteiger partial charge in [-0.3, -0.25) is 23.9 Å². The largest absolute Gasteiger partial charge is 0.484 e. The van der Waals surface area contributed by atoms with Crippen molar-refractivity contribution >= 4 is 23.6 Å². The summed E-state index contributed by atoms with van der Waals surface area (Å²) < 4.78 is 12.5. The van der Waals surface area contributed by atoms with Gasteiger partial charge in [0.2, 0.25) is 17.7 Å². The van der Waals surface area contributed by atoms with Crippen LogP contribution < -0.4 is 15.4 Å². The van der Waals surface area contributed by atoms with Crippen molar-refractivity contribution in [3.63, 3.8) is 0 Å². The van der Waals surface area contributed by atoms with Crippen LogP contribution in [0.3, 0.4) is 0 Å². The molecule has 0 saturated heterocycles. The van der Waals surface area contributed by atoms with Crippen LogP contribution in [0.25, 0.3) is 0 Å². The average Bonchev–Trinajstić information content (AvgIpc) is 3.32. The van der Waals surface area contributed by atoms with Crippen molar-refractivity contribution in [3.05, 3.63) is 47.8 Å². The number of hydrogen-bond acceptors (Lipinski definition) is 7. The number of carbonyl (C=O) groups is 4. The fraction of sp³-hybridized carbons (Fsp3) is 0.536. The third kappa shape index (κ3) is 9.08. The SMILES string of the molecule is COCCN1CC(=O)N[C@H](C(=O)N(C)Cc2cnn(C)c2)Cc2ccc(cc2)OCC(=O)N[C@@H](CC(C)C)C1=O. The van der Waals surface area contributed by atoms with Crippen molar-refractivity contribution in [2.45, 2.75) is 45.3 Å². The van der Waals surface area contributed by atoms with Crippen LogP contribution in [0.15, 0.2) is 36.7 Å². The van der Waals surface area contributed by atoms with E-state index in [1.165, 1.54) is 12.0 Å². The van der Waals surface area contributed by atoms with Crippen LogP contribution in [-0.2, 0) is 43.9 Å². The molecule has 12 heteroatoms. The molecule has 2 bridgehead atoms. The molecule has 1 aromatic heterocycles. The first-order valence-electron chi connectivity index (χ1n) is 13.4. The Morgan fingerprint density at radius 3 is 2.52 bits per heavy atom. The van der Waals surface area contributed by atoms with Gasteiger partial charge in [0.05, 0.1) is 19.3 Å². The number of hydrogen-bond donors (Lipinski definition) is 2. The van der Waals surface area contributed by atoms with Crippen LogP contribution in [0.4, 0.5) is 0 Å². The third-order valence-electron chi connectivity index (χ3n) is 6.47. The van der Waals surface area contributed by atoms with Gasteiger partial charge in [-0.05, 0) is 30.0 Å². The fourth-order valence-electron chi connectivity index (χ4n) is 4.51. The van der Waals surface area contributed by atoms with Gasteiger partial charge in [0.1, 0.15) is 17.8 Å². The molecule has 0 radical (unpaired) electrons. The summed E-state index contributed by atoms with van der Waals surface area (Å²) in [5.41, 5.74) is 1.65. The lowest BCUT2D eigenvalue weighted by Gasteiger charge is -2.30. The molecule has 3 heterocycles. The van der Waals surface area contributed by atoms with E-state index in [0.717, 1.165) is 11.1 Å². The number of fused-ring (bicyclic) bond motifs is 13. The molecule has 4 amide bonds. The highest BCUT2D eigenvalue weighted by Gasteiger charge is 2.30. The summed E-state index contributed by atoms with van der Waals surface area (Å²) in [5.74, 6) is -1.03. The zero-order valence-corrected chi connectivity index (χ0v) is 23.9. The molecule has 0 aliphatic carbocycles. The zero-order valence-electron chi connectivity index (χ0n) is 23.9. The van der Waals surface area contributed by atoms with Crippen LogP contribution in [0.1, 0.15) is 31.4 Å². The van der Waals surface area contributed by atoms with Crippen LogP contribution in [-0.4, -0.2) is 95.8 Å². The van der Waals surface area contributed by atoms with Crippen molar-refractivity contribution in [1.29, 1.82) is 0 Å². The van der Waals surface area contributed by atoms with Gasteiger partial charge in [0.25, 0.3) is 5.91 Å². The summed E-state index contributed by atoms with van der Waals surface area (Å²) in [6.45, 7) is 4.00. The normalized spacial score (nSPS) is 18.9. The number of amides is 4. The van der Waals surface area contributed by atoms with E-state index in [0.29, 0.717) is 18.7 Å². The number of rotatable bonds is 8. The summed E-state index contributed by atoms with van der Waals surface area (Å²) >= 11 is 0. The second-order valence-electron chi connectivity index (χ2n) is 10.5. The van der Waals surface area contributed by atoms with Gasteiger partial charge in [-0.15, -0.1) is 0 Å². The molecule has 2 aliphatic heterocycles. The lowest BCUT2D eigenvalue weighted by Crippen LogP contribution is -2.55. The van der Waals surface area contributed by atoms with Crippen molar-refractivity contribution < 1.29 is 28.7 Å². The minimum Gasteiger partial charge on any atom is -0.484 e. The highest BCUT2D eigenvalue weighted by molar-refractivity contribution is 5.93. The zero-order chi connectivity index (χ0) is 29.2. The predicted octanol–water partition coefficient (Wildman–Crippen LogP) is 0.504. The number of likely N-dealkylation sites (N-methyl/N-ethyl adjacent to an activating group) is 1. The third-order valence-corrected chi connectivity index (χ3v) is 6.47. The number of benzene rings is 1. The maximum atomic E-state index is 13.5. The molecule has 218 valence electrons. The van der Waals surface area contributed by atoms with Crippen molar-refractivity contribution in [3.8, 4) is 5.75 Å². The van der Waals surface area contributed by atoms with E-state index < -0.39 is 29.8 Å². The Bertz CT molecular complexity index is 1160. The highest BCUT2D eigenvalue weighted by Crippen LogP contribution is 2.16. The Labute approximate surface area is 235 Å². The number of methoxy groups -OCH3 is 1. The van der Waals surface area contributed by atoms with Gasteiger partial charge in [0, 0.05) is 52.5 Å². The smallest absolute Gasteiger partial charge is 0.258 e. The van der Waals surface area contributed by atoms with Gasteiger partial charge in [-0.25, -0.2) is 0 Å². The predicted molar refractivity (Wildman–Crippen MR) is 147 cm³/mol. The van der Waals surface area contributed by atoms with Crippen LogP contribution in [0, 0.1) is 5.92 Å². The van der Waals surface area contributed by atoms with E-state index in [2.05, 4.69) is 15.7 Å². The van der Waals surface area contributed by atoms with Crippen molar-refractivity contribution in [2.24, 2.45) is 13.0 Å². The molecular formula is C28H40N6O6. The first-order chi connectivity index (χ1) is 19.0. The summed E-state index contributed by atoms with van der Waals surface area (Å²) in [6.07, 6.45) is 4.12. The minimum atomic E-state index is -0.876. The van der Waals surface area contributed by atoms with Crippen LogP contribution >= 0.6 is 0 Å². The Morgan fingerprint density at radius 1 is 1.18 bits per heavy atom. The standard InChI is InChI=1S/C28H40N6O6/c1-19(2)12-23-28(38)34(10-11-39-5)17-25(35)30-24(27(37)32(3)15-21-14-29-33(4)16-21)13-20-6-8-22(9-7-20)40-18-26(36)31-23/h6-9,14,16,19,23-24H,10-13,15,17-18H2,1-5H3,(H,30,35)(H,31,36)/t23-,24-/m0/s1. The molecule has 4 rings (SSSR count). The quantitative estimate of drug-likeness (QED) is 0.452. The Kier molecular flexibility index (Phi) is 11.1. The van der Waals surface area contributed by atoms with Crippen LogP contribution in [0.2, 0.25) is 0 Å². The second kappa shape index (κ2) is 14.5. The lowest BCUT2D eigenvalue weighted by molar-refractivity contribution is -0.141. The molecule has 0 saturated carbocycles. The molecule has 0 spiro atoms. The molecule has 2 aliphatic rings. The van der Waals surface area contributed by atoms with Crippen LogP contribution in [0.5, 0.6) is 5.75 Å². The monoisotopic (exact) mass is 556 g/mol. The van der Waals surface area contributed by atoms with Gasteiger partial charge >= 0.3 is 0 Å². The molecular weight excluding hydrogens is 516 g/mol. The maximum absolute atomic E-state index is 13.5. The van der Waals surface area contributed by atoms with Gasteiger partial charge < -0.3 is 29.9 Å². The summed E-state index contributed by atoms with van der Waals surface area (Å²) in [4.78, 5) is 56.0. The Hall–Kier alpha value is -3.93. The van der Waals surface area contributed by atoms with Gasteiger partial charge in [-0.1, -0.05) is 26.0 Å². The Morgan fingerprint density at radius 2 is 1.90 bits per heavy atom. The fourth-order valence-corrected chi connectivity index (χ4v) is 4.51. The number of aryl methyl sites for hydroxylation is 1. The van der Waals surface area contributed by atoms with E-state index in [9.17, 15) is 19.2 Å². The molecule has 0 fully saturated rings. The molecule has 2 aromatic rings. The summed E-state index contributed by atoms with van der Waals surface area (Å²) in [7, 11) is 4.98. The molecule has 2 atom stereocenters. The molecule has 40 heavy (non-hydrogen) atoms. The lowest BCUT2D eigenvalue weighted by atomic mass is 10.0. The van der Waals surface area contributed by atoms with Crippen molar-refractivity contribution in [1.82, 2.24) is 30.2 Å². The molecule has 12 nitrogen and oxygen atoms in total. The number of nitrogens with zero attached hydrogens (tertiary/aromatic N) is 4. The summed E-state index contributed by atoms with van der Waals surface area (Å²) in [5, 5.41) is 9.76. The summed E-state index contributed by atoms with van der Waals surface area (Å²) in [6, 6.07) is 5.28. The highest BCUT2D eigenvalue weighted by atomic mass is 16.5. The van der Waals surface area contributed by atoms with Gasteiger partial charge in [0.15, 0.2) is 6.61 Å². The second-order valence-corrected chi connectivity index (χ2v) is 10.5. The first kappa shape index (κ1) is 30.6. The number of nitrogens with one attached hydrogen (secondary N) is 2. The molecule has 1 aromatic carbocycles. The maximum Gasteiger partial charge on any atom is 0.258 e. The average molecular weight is 557 g/mol. The van der Waals surface area contributed by atoms with Crippen molar-refractivity contribution in [2.75, 3.05) is 40.5 Å². The molecule has 0 unspecified atom stereocenters.